The van der Waals surface area contributed by atoms with Gasteiger partial charge in [-0.15, -0.1) is 0 Å². The van der Waals surface area contributed by atoms with Gasteiger partial charge in [0, 0.05) is 5.69 Å². The number of rotatable bonds is 4. The lowest BCUT2D eigenvalue weighted by Gasteiger charge is -2.10. The monoisotopic (exact) mass is 389 g/mol. The maximum atomic E-state index is 13.4. The predicted octanol–water partition coefficient (Wildman–Crippen LogP) is 4.89. The highest BCUT2D eigenvalue weighted by molar-refractivity contribution is 6.46. The van der Waals surface area contributed by atoms with Crippen molar-refractivity contribution in [2.45, 2.75) is 6.92 Å². The summed E-state index contributed by atoms with van der Waals surface area (Å²) in [6.45, 7) is 1.01. The number of halogens is 4. The maximum absolute atomic E-state index is 13.4. The van der Waals surface area contributed by atoms with Gasteiger partial charge < -0.3 is 10.1 Å². The Balaban J connectivity index is 2.00. The third-order valence-electron chi connectivity index (χ3n) is 3.04. The van der Waals surface area contributed by atoms with Crippen LogP contribution < -0.4 is 5.32 Å². The summed E-state index contributed by atoms with van der Waals surface area (Å²) in [6.07, 6.45) is 0. The average molecular weight is 391 g/mol. The van der Waals surface area contributed by atoms with E-state index in [1.54, 1.807) is 6.92 Å². The molecule has 1 amide bonds. The van der Waals surface area contributed by atoms with Gasteiger partial charge in [0.05, 0.1) is 20.6 Å². The summed E-state index contributed by atoms with van der Waals surface area (Å²) in [4.78, 5) is 23.8. The van der Waals surface area contributed by atoms with Crippen molar-refractivity contribution in [2.24, 2.45) is 0 Å². The number of carbonyl (C=O) groups excluding carboxylic acids is 2. The fourth-order valence-corrected chi connectivity index (χ4v) is 2.47. The van der Waals surface area contributed by atoms with E-state index >= 15 is 0 Å². The molecule has 8 heteroatoms. The Labute approximate surface area is 152 Å². The van der Waals surface area contributed by atoms with Crippen LogP contribution in [0, 0.1) is 12.7 Å². The minimum absolute atomic E-state index is 0.0513. The molecule has 0 aliphatic carbocycles. The zero-order chi connectivity index (χ0) is 17.9. The van der Waals surface area contributed by atoms with Gasteiger partial charge in [-0.25, -0.2) is 9.18 Å². The molecule has 0 aliphatic rings. The van der Waals surface area contributed by atoms with Crippen molar-refractivity contribution in [1.29, 1.82) is 0 Å². The van der Waals surface area contributed by atoms with Crippen LogP contribution in [-0.2, 0) is 9.53 Å². The molecule has 0 aromatic heterocycles. The number of hydrogen-bond donors (Lipinski definition) is 1. The van der Waals surface area contributed by atoms with Crippen LogP contribution in [0.25, 0.3) is 0 Å². The van der Waals surface area contributed by atoms with E-state index in [2.05, 4.69) is 5.32 Å². The standard InChI is InChI=1S/C16H11Cl3FNO3/c1-8-2-3-9(6-12(8)20)21-13(22)7-24-16(23)14-10(17)4-5-11(18)15(14)19/h2-6H,7H2,1H3,(H,21,22). The molecule has 0 saturated carbocycles. The van der Waals surface area contributed by atoms with Crippen LogP contribution in [0.5, 0.6) is 0 Å². The highest BCUT2D eigenvalue weighted by Gasteiger charge is 2.19. The third kappa shape index (κ3) is 4.38. The molecule has 0 radical (unpaired) electrons. The molecule has 0 saturated heterocycles. The summed E-state index contributed by atoms with van der Waals surface area (Å²) in [7, 11) is 0. The normalized spacial score (nSPS) is 10.4. The van der Waals surface area contributed by atoms with Gasteiger partial charge in [0.1, 0.15) is 5.82 Å². The average Bonchev–Trinajstić information content (AvgIpc) is 2.53. The molecule has 4 nitrogen and oxygen atoms in total. The van der Waals surface area contributed by atoms with E-state index in [0.717, 1.165) is 0 Å². The van der Waals surface area contributed by atoms with Crippen LogP contribution in [0.15, 0.2) is 30.3 Å². The summed E-state index contributed by atoms with van der Waals surface area (Å²) in [5, 5.41) is 2.53. The molecule has 2 aromatic rings. The Morgan fingerprint density at radius 2 is 1.79 bits per heavy atom. The van der Waals surface area contributed by atoms with E-state index in [9.17, 15) is 14.0 Å². The number of ether oxygens (including phenoxy) is 1. The first-order valence-corrected chi connectivity index (χ1v) is 7.79. The Hall–Kier alpha value is -1.82. The summed E-state index contributed by atoms with van der Waals surface area (Å²) in [5.74, 6) is -1.99. The Morgan fingerprint density at radius 1 is 1.12 bits per heavy atom. The first-order chi connectivity index (χ1) is 11.3. The third-order valence-corrected chi connectivity index (χ3v) is 4.16. The molecule has 2 rings (SSSR count). The molecule has 0 fully saturated rings. The van der Waals surface area contributed by atoms with E-state index in [4.69, 9.17) is 39.5 Å². The lowest BCUT2D eigenvalue weighted by Crippen LogP contribution is -2.21. The number of anilines is 1. The van der Waals surface area contributed by atoms with Gasteiger partial charge in [0.25, 0.3) is 5.91 Å². The fourth-order valence-electron chi connectivity index (χ4n) is 1.79. The zero-order valence-electron chi connectivity index (χ0n) is 12.3. The summed E-state index contributed by atoms with van der Waals surface area (Å²) >= 11 is 17.6. The van der Waals surface area contributed by atoms with Gasteiger partial charge in [-0.05, 0) is 36.8 Å². The van der Waals surface area contributed by atoms with E-state index in [0.29, 0.717) is 5.56 Å². The number of nitrogens with one attached hydrogen (secondary N) is 1. The molecular formula is C16H11Cl3FNO3. The van der Waals surface area contributed by atoms with Crippen LogP contribution in [-0.4, -0.2) is 18.5 Å². The van der Waals surface area contributed by atoms with Crippen LogP contribution in [0.4, 0.5) is 10.1 Å². The molecule has 0 spiro atoms. The van der Waals surface area contributed by atoms with Crippen molar-refractivity contribution < 1.29 is 18.7 Å². The fraction of sp³-hybridized carbons (Fsp3) is 0.125. The van der Waals surface area contributed by atoms with Crippen molar-refractivity contribution >= 4 is 52.4 Å². The molecular weight excluding hydrogens is 380 g/mol. The highest BCUT2D eigenvalue weighted by Crippen LogP contribution is 2.31. The summed E-state index contributed by atoms with van der Waals surface area (Å²) in [5.41, 5.74) is 0.572. The number of esters is 1. The van der Waals surface area contributed by atoms with E-state index in [1.807, 2.05) is 0 Å². The topological polar surface area (TPSA) is 55.4 Å². The zero-order valence-corrected chi connectivity index (χ0v) is 14.6. The lowest BCUT2D eigenvalue weighted by molar-refractivity contribution is -0.119. The second-order valence-electron chi connectivity index (χ2n) is 4.81. The smallest absolute Gasteiger partial charge is 0.341 e. The largest absolute Gasteiger partial charge is 0.452 e. The molecule has 2 aromatic carbocycles. The van der Waals surface area contributed by atoms with Gasteiger partial charge in [0.15, 0.2) is 6.61 Å². The van der Waals surface area contributed by atoms with Gasteiger partial charge in [-0.2, -0.15) is 0 Å². The second-order valence-corrected chi connectivity index (χ2v) is 6.00. The van der Waals surface area contributed by atoms with Crippen LogP contribution >= 0.6 is 34.8 Å². The Kier molecular flexibility index (Phi) is 6.04. The molecule has 0 heterocycles. The molecule has 1 N–H and O–H groups in total. The number of aryl methyl sites for hydroxylation is 1. The lowest BCUT2D eigenvalue weighted by atomic mass is 10.2. The van der Waals surface area contributed by atoms with Crippen molar-refractivity contribution in [3.63, 3.8) is 0 Å². The maximum Gasteiger partial charge on any atom is 0.341 e. The first-order valence-electron chi connectivity index (χ1n) is 6.66. The quantitative estimate of drug-likeness (QED) is 0.597. The Morgan fingerprint density at radius 3 is 2.46 bits per heavy atom. The van der Waals surface area contributed by atoms with Gasteiger partial charge in [-0.3, -0.25) is 4.79 Å². The summed E-state index contributed by atoms with van der Waals surface area (Å²) < 4.78 is 18.3. The predicted molar refractivity (Wildman–Crippen MR) is 91.5 cm³/mol. The number of benzene rings is 2. The number of amides is 1. The van der Waals surface area contributed by atoms with E-state index < -0.39 is 24.3 Å². The minimum atomic E-state index is -0.891. The molecule has 0 aliphatic heterocycles. The first kappa shape index (κ1) is 18.5. The van der Waals surface area contributed by atoms with E-state index in [-0.39, 0.29) is 26.3 Å². The SMILES string of the molecule is Cc1ccc(NC(=O)COC(=O)c2c(Cl)ccc(Cl)c2Cl)cc1F. The molecule has 126 valence electrons. The van der Waals surface area contributed by atoms with Crippen LogP contribution in [0.3, 0.4) is 0 Å². The number of carbonyl (C=O) groups is 2. The minimum Gasteiger partial charge on any atom is -0.452 e. The van der Waals surface area contributed by atoms with Gasteiger partial charge >= 0.3 is 5.97 Å². The molecule has 0 bridgehead atoms. The van der Waals surface area contributed by atoms with E-state index in [1.165, 1.54) is 30.3 Å². The second kappa shape index (κ2) is 7.83. The van der Waals surface area contributed by atoms with Gasteiger partial charge in [0.2, 0.25) is 0 Å². The van der Waals surface area contributed by atoms with Crippen molar-refractivity contribution in [3.05, 3.63) is 62.3 Å². The Bertz CT molecular complexity index is 811. The van der Waals surface area contributed by atoms with Gasteiger partial charge in [-0.1, -0.05) is 40.9 Å². The van der Waals surface area contributed by atoms with Crippen molar-refractivity contribution in [2.75, 3.05) is 11.9 Å². The van der Waals surface area contributed by atoms with Crippen LogP contribution in [0.1, 0.15) is 15.9 Å². The molecule has 0 unspecified atom stereocenters. The molecule has 24 heavy (non-hydrogen) atoms. The van der Waals surface area contributed by atoms with Crippen LogP contribution in [0.2, 0.25) is 15.1 Å². The van der Waals surface area contributed by atoms with Crippen molar-refractivity contribution in [3.8, 4) is 0 Å². The van der Waals surface area contributed by atoms with Crippen molar-refractivity contribution in [1.82, 2.24) is 0 Å². The number of hydrogen-bond acceptors (Lipinski definition) is 3. The molecule has 0 atom stereocenters. The highest BCUT2D eigenvalue weighted by atomic mass is 35.5. The summed E-state index contributed by atoms with van der Waals surface area (Å²) in [6, 6.07) is 7.04.